The predicted molar refractivity (Wildman–Crippen MR) is 315 cm³/mol. The second kappa shape index (κ2) is 16.1. The van der Waals surface area contributed by atoms with Crippen LogP contribution >= 0.6 is 0 Å². The first-order valence-electron chi connectivity index (χ1n) is 27.5. The smallest absolute Gasteiger partial charge is 0.252 e. The molecular formula is C68H86BN3. The average molecular weight is 956 g/mol. The summed E-state index contributed by atoms with van der Waals surface area (Å²) in [4.78, 5) is 8.11. The van der Waals surface area contributed by atoms with Crippen molar-refractivity contribution < 1.29 is 0 Å². The molecule has 0 amide bonds. The van der Waals surface area contributed by atoms with E-state index in [0.717, 1.165) is 6.42 Å². The highest BCUT2D eigenvalue weighted by Crippen LogP contribution is 2.64. The molecule has 4 aliphatic rings. The Morgan fingerprint density at radius 3 is 1.47 bits per heavy atom. The monoisotopic (exact) mass is 956 g/mol. The standard InChI is InChI=1S/C68H86BN3/c1-61(2,3)43-24-28-49(29-25-43)70-57-41-51(72-55-33-27-45(63(7,8)9)37-52(55)67(19)42-47(65(13,14)15)34-35-68(67,72)20)30-32-54(57)69-53-31-26-46(64(10,11)12)38-56(53)71(50-23-21-22-44(36-50)62(4,5)6)59-40-48(66(16,17)18)39-58(70)60(59)69/h21-33,36-41,47H,34-35,42H2,1-20H3. The topological polar surface area (TPSA) is 9.72 Å². The maximum Gasteiger partial charge on any atom is 0.252 e. The third kappa shape index (κ3) is 7.98. The zero-order valence-electron chi connectivity index (χ0n) is 48.1. The molecule has 376 valence electrons. The minimum absolute atomic E-state index is 0.00502. The summed E-state index contributed by atoms with van der Waals surface area (Å²) in [6.07, 6.45) is 3.54. The van der Waals surface area contributed by atoms with Gasteiger partial charge in [-0.3, -0.25) is 0 Å². The third-order valence-corrected chi connectivity index (χ3v) is 18.2. The second-order valence-electron chi connectivity index (χ2n) is 29.4. The van der Waals surface area contributed by atoms with Crippen molar-refractivity contribution in [1.29, 1.82) is 0 Å². The van der Waals surface area contributed by atoms with Crippen molar-refractivity contribution in [1.82, 2.24) is 0 Å². The molecule has 0 N–H and O–H groups in total. The van der Waals surface area contributed by atoms with E-state index in [1.165, 1.54) is 108 Å². The number of rotatable bonds is 3. The fraction of sp³-hybridized carbons (Fsp3) is 0.471. The Labute approximate surface area is 436 Å². The number of hydrogen-bond donors (Lipinski definition) is 0. The Morgan fingerprint density at radius 1 is 0.431 bits per heavy atom. The number of hydrogen-bond acceptors (Lipinski definition) is 3. The van der Waals surface area contributed by atoms with Gasteiger partial charge in [0.25, 0.3) is 6.71 Å². The van der Waals surface area contributed by atoms with Crippen LogP contribution in [0.4, 0.5) is 45.5 Å². The Hall–Kier alpha value is -5.22. The van der Waals surface area contributed by atoms with Crippen molar-refractivity contribution in [3.05, 3.63) is 149 Å². The molecule has 3 atom stereocenters. The highest BCUT2D eigenvalue weighted by Gasteiger charge is 2.60. The van der Waals surface area contributed by atoms with Gasteiger partial charge in [-0.1, -0.05) is 186 Å². The molecule has 4 heteroatoms. The summed E-state index contributed by atoms with van der Waals surface area (Å²) in [5, 5.41) is 0. The maximum atomic E-state index is 2.82. The molecule has 1 aliphatic carbocycles. The minimum atomic E-state index is -0.122. The van der Waals surface area contributed by atoms with E-state index in [4.69, 9.17) is 0 Å². The van der Waals surface area contributed by atoms with Crippen LogP contribution in [0.1, 0.15) is 191 Å². The van der Waals surface area contributed by atoms with E-state index in [-0.39, 0.29) is 50.2 Å². The summed E-state index contributed by atoms with van der Waals surface area (Å²) in [5.74, 6) is 0.639. The van der Waals surface area contributed by atoms with Crippen LogP contribution in [0.15, 0.2) is 115 Å². The molecule has 10 rings (SSSR count). The van der Waals surface area contributed by atoms with Crippen LogP contribution in [0.2, 0.25) is 0 Å². The molecule has 0 spiro atoms. The van der Waals surface area contributed by atoms with E-state index >= 15 is 0 Å². The van der Waals surface area contributed by atoms with Crippen LogP contribution < -0.4 is 31.1 Å². The lowest BCUT2D eigenvalue weighted by atomic mass is 9.33. The molecule has 72 heavy (non-hydrogen) atoms. The van der Waals surface area contributed by atoms with Gasteiger partial charge in [0.05, 0.1) is 5.54 Å². The highest BCUT2D eigenvalue weighted by atomic mass is 15.3. The van der Waals surface area contributed by atoms with E-state index in [2.05, 4.69) is 268 Å². The number of benzene rings is 6. The first-order valence-corrected chi connectivity index (χ1v) is 27.5. The lowest BCUT2D eigenvalue weighted by molar-refractivity contribution is 0.0786. The summed E-state index contributed by atoms with van der Waals surface area (Å²) < 4.78 is 0. The molecule has 6 aromatic rings. The lowest BCUT2D eigenvalue weighted by Gasteiger charge is -2.54. The van der Waals surface area contributed by atoms with E-state index in [1.54, 1.807) is 0 Å². The Morgan fingerprint density at radius 2 is 0.903 bits per heavy atom. The second-order valence-corrected chi connectivity index (χ2v) is 29.4. The first-order chi connectivity index (χ1) is 33.2. The van der Waals surface area contributed by atoms with E-state index in [1.807, 2.05) is 0 Å². The Balaban J connectivity index is 1.28. The van der Waals surface area contributed by atoms with Gasteiger partial charge in [-0.25, -0.2) is 0 Å². The summed E-state index contributed by atoms with van der Waals surface area (Å²) in [6, 6.07) is 46.7. The van der Waals surface area contributed by atoms with Gasteiger partial charge in [-0.2, -0.15) is 0 Å². The number of nitrogens with zero attached hydrogens (tertiary/aromatic N) is 3. The predicted octanol–water partition coefficient (Wildman–Crippen LogP) is 17.3. The first kappa shape index (κ1) is 50.3. The maximum absolute atomic E-state index is 2.82. The zero-order chi connectivity index (χ0) is 52.3. The minimum Gasteiger partial charge on any atom is -0.334 e. The molecule has 0 bridgehead atoms. The molecule has 3 heterocycles. The normalized spacial score (nSPS) is 21.0. The van der Waals surface area contributed by atoms with Gasteiger partial charge in [0.2, 0.25) is 0 Å². The van der Waals surface area contributed by atoms with Crippen molar-refractivity contribution in [2.45, 2.75) is 196 Å². The third-order valence-electron chi connectivity index (χ3n) is 18.2. The summed E-state index contributed by atoms with van der Waals surface area (Å²) in [7, 11) is 0. The fourth-order valence-corrected chi connectivity index (χ4v) is 13.2. The van der Waals surface area contributed by atoms with Gasteiger partial charge in [0, 0.05) is 50.9 Å². The van der Waals surface area contributed by atoms with Crippen LogP contribution in [0.3, 0.4) is 0 Å². The van der Waals surface area contributed by atoms with Gasteiger partial charge in [0.1, 0.15) is 0 Å². The Bertz CT molecular complexity index is 3110. The molecule has 3 aliphatic heterocycles. The molecule has 3 unspecified atom stereocenters. The van der Waals surface area contributed by atoms with Gasteiger partial charge in [0.15, 0.2) is 0 Å². The Kier molecular flexibility index (Phi) is 11.3. The van der Waals surface area contributed by atoms with Crippen LogP contribution in [-0.4, -0.2) is 12.3 Å². The van der Waals surface area contributed by atoms with Crippen molar-refractivity contribution in [3.63, 3.8) is 0 Å². The molecule has 0 radical (unpaired) electrons. The lowest BCUT2D eigenvalue weighted by Crippen LogP contribution is -2.61. The van der Waals surface area contributed by atoms with E-state index in [9.17, 15) is 0 Å². The van der Waals surface area contributed by atoms with Crippen LogP contribution in [0.25, 0.3) is 0 Å². The van der Waals surface area contributed by atoms with Crippen molar-refractivity contribution in [2.24, 2.45) is 11.3 Å². The zero-order valence-corrected chi connectivity index (χ0v) is 48.1. The molecule has 3 nitrogen and oxygen atoms in total. The number of fused-ring (bicyclic) bond motifs is 7. The van der Waals surface area contributed by atoms with Crippen LogP contribution in [0, 0.1) is 11.3 Å². The van der Waals surface area contributed by atoms with Gasteiger partial charge >= 0.3 is 0 Å². The SMILES string of the molecule is CC(C)(C)c1ccc(N2c3cc(N4c5ccc(C(C)(C)C)cc5C5(C)CC(C(C)(C)C)CCC45C)ccc3B3c4ccc(C(C)(C)C)cc4N(c4cccc(C(C)(C)C)c4)c4cc(C(C)(C)C)cc2c43)cc1. The van der Waals surface area contributed by atoms with Crippen molar-refractivity contribution in [3.8, 4) is 0 Å². The fourth-order valence-electron chi connectivity index (χ4n) is 13.2. The van der Waals surface area contributed by atoms with Crippen LogP contribution in [-0.2, 0) is 32.5 Å². The summed E-state index contributed by atoms with van der Waals surface area (Å²) in [6.45, 7) is 48.0. The van der Waals surface area contributed by atoms with Gasteiger partial charge < -0.3 is 14.7 Å². The van der Waals surface area contributed by atoms with Crippen molar-refractivity contribution in [2.75, 3.05) is 14.7 Å². The molecule has 1 saturated carbocycles. The quantitative estimate of drug-likeness (QED) is 0.163. The van der Waals surface area contributed by atoms with E-state index < -0.39 is 0 Å². The molecule has 0 aromatic heterocycles. The highest BCUT2D eigenvalue weighted by molar-refractivity contribution is 7.00. The molecular weight excluding hydrogens is 870 g/mol. The molecule has 0 saturated heterocycles. The van der Waals surface area contributed by atoms with Crippen LogP contribution in [0.5, 0.6) is 0 Å². The average Bonchev–Trinajstić information content (AvgIpc) is 3.48. The van der Waals surface area contributed by atoms with Crippen molar-refractivity contribution >= 4 is 68.6 Å². The molecule has 6 aromatic carbocycles. The molecule has 1 fully saturated rings. The van der Waals surface area contributed by atoms with Gasteiger partial charge in [-0.05, 0) is 175 Å². The van der Waals surface area contributed by atoms with E-state index in [0.29, 0.717) is 5.92 Å². The summed E-state index contributed by atoms with van der Waals surface area (Å²) >= 11 is 0. The van der Waals surface area contributed by atoms with Gasteiger partial charge in [-0.15, -0.1) is 0 Å². The number of anilines is 8. The summed E-state index contributed by atoms with van der Waals surface area (Å²) in [5.41, 5.74) is 22.6. The largest absolute Gasteiger partial charge is 0.334 e.